The van der Waals surface area contributed by atoms with Crippen LogP contribution in [-0.2, 0) is 11.3 Å². The fourth-order valence-electron chi connectivity index (χ4n) is 1.61. The molecule has 0 spiro atoms. The summed E-state index contributed by atoms with van der Waals surface area (Å²) in [5, 5.41) is 6.25. The Morgan fingerprint density at radius 2 is 2.00 bits per heavy atom. The van der Waals surface area contributed by atoms with Crippen molar-refractivity contribution in [1.82, 2.24) is 5.32 Å². The summed E-state index contributed by atoms with van der Waals surface area (Å²) in [6.07, 6.45) is 2.60. The monoisotopic (exact) mass is 234 g/mol. The Hall–Kier alpha value is -1.35. The zero-order valence-electron chi connectivity index (χ0n) is 10.8. The molecule has 0 heterocycles. The van der Waals surface area contributed by atoms with Crippen LogP contribution in [-0.4, -0.2) is 12.5 Å². The molecule has 1 rings (SSSR count). The van der Waals surface area contributed by atoms with Crippen molar-refractivity contribution in [2.75, 3.05) is 11.9 Å². The SMILES string of the molecule is CCCCC(=O)Nc1ccccc1CNCC. The van der Waals surface area contributed by atoms with Crippen molar-refractivity contribution >= 4 is 11.6 Å². The summed E-state index contributed by atoms with van der Waals surface area (Å²) < 4.78 is 0. The number of benzene rings is 1. The first-order valence-corrected chi connectivity index (χ1v) is 6.36. The average Bonchev–Trinajstić information content (AvgIpc) is 2.35. The molecule has 0 fully saturated rings. The zero-order valence-corrected chi connectivity index (χ0v) is 10.8. The first kappa shape index (κ1) is 13.7. The largest absolute Gasteiger partial charge is 0.326 e. The van der Waals surface area contributed by atoms with E-state index in [2.05, 4.69) is 24.5 Å². The third-order valence-corrected chi connectivity index (χ3v) is 2.61. The minimum atomic E-state index is 0.107. The third-order valence-electron chi connectivity index (χ3n) is 2.61. The molecule has 1 aromatic carbocycles. The summed E-state index contributed by atoms with van der Waals surface area (Å²) in [6.45, 7) is 5.88. The van der Waals surface area contributed by atoms with Crippen molar-refractivity contribution in [3.63, 3.8) is 0 Å². The van der Waals surface area contributed by atoms with Crippen LogP contribution >= 0.6 is 0 Å². The minimum absolute atomic E-state index is 0.107. The molecule has 0 aliphatic rings. The topological polar surface area (TPSA) is 41.1 Å². The Labute approximate surface area is 104 Å². The summed E-state index contributed by atoms with van der Waals surface area (Å²) in [7, 11) is 0. The lowest BCUT2D eigenvalue weighted by Gasteiger charge is -2.11. The van der Waals surface area contributed by atoms with Gasteiger partial charge in [0.25, 0.3) is 0 Å². The maximum Gasteiger partial charge on any atom is 0.224 e. The van der Waals surface area contributed by atoms with Gasteiger partial charge in [-0.05, 0) is 24.6 Å². The van der Waals surface area contributed by atoms with Gasteiger partial charge in [-0.1, -0.05) is 38.5 Å². The number of hydrogen-bond donors (Lipinski definition) is 2. The minimum Gasteiger partial charge on any atom is -0.326 e. The molecule has 17 heavy (non-hydrogen) atoms. The van der Waals surface area contributed by atoms with Gasteiger partial charge < -0.3 is 10.6 Å². The van der Waals surface area contributed by atoms with Gasteiger partial charge in [0.05, 0.1) is 0 Å². The lowest BCUT2D eigenvalue weighted by molar-refractivity contribution is -0.116. The predicted octanol–water partition coefficient (Wildman–Crippen LogP) is 2.92. The lowest BCUT2D eigenvalue weighted by atomic mass is 10.1. The van der Waals surface area contributed by atoms with Crippen molar-refractivity contribution < 1.29 is 4.79 Å². The van der Waals surface area contributed by atoms with Crippen LogP contribution in [0, 0.1) is 0 Å². The second-order valence-corrected chi connectivity index (χ2v) is 4.09. The van der Waals surface area contributed by atoms with E-state index in [1.165, 1.54) is 0 Å². The molecule has 94 valence electrons. The van der Waals surface area contributed by atoms with E-state index >= 15 is 0 Å². The van der Waals surface area contributed by atoms with Crippen LogP contribution in [0.15, 0.2) is 24.3 Å². The molecule has 3 heteroatoms. The molecule has 0 bridgehead atoms. The van der Waals surface area contributed by atoms with Gasteiger partial charge in [0.2, 0.25) is 5.91 Å². The zero-order chi connectivity index (χ0) is 12.5. The van der Waals surface area contributed by atoms with E-state index in [1.807, 2.05) is 24.3 Å². The van der Waals surface area contributed by atoms with Gasteiger partial charge in [0.15, 0.2) is 0 Å². The van der Waals surface area contributed by atoms with E-state index in [0.717, 1.165) is 37.2 Å². The molecular weight excluding hydrogens is 212 g/mol. The van der Waals surface area contributed by atoms with Gasteiger partial charge >= 0.3 is 0 Å². The number of amides is 1. The first-order valence-electron chi connectivity index (χ1n) is 6.36. The van der Waals surface area contributed by atoms with Gasteiger partial charge in [-0.25, -0.2) is 0 Å². The Balaban J connectivity index is 2.59. The highest BCUT2D eigenvalue weighted by molar-refractivity contribution is 5.91. The van der Waals surface area contributed by atoms with E-state index in [4.69, 9.17) is 0 Å². The fourth-order valence-corrected chi connectivity index (χ4v) is 1.61. The van der Waals surface area contributed by atoms with Crippen LogP contribution in [0.25, 0.3) is 0 Å². The summed E-state index contributed by atoms with van der Waals surface area (Å²) in [6, 6.07) is 7.94. The number of hydrogen-bond acceptors (Lipinski definition) is 2. The highest BCUT2D eigenvalue weighted by atomic mass is 16.1. The molecule has 1 amide bonds. The van der Waals surface area contributed by atoms with Gasteiger partial charge in [-0.3, -0.25) is 4.79 Å². The third kappa shape index (κ3) is 5.00. The molecule has 0 aromatic heterocycles. The smallest absolute Gasteiger partial charge is 0.224 e. The predicted molar refractivity (Wildman–Crippen MR) is 72.0 cm³/mol. The highest BCUT2D eigenvalue weighted by Crippen LogP contribution is 2.15. The quantitative estimate of drug-likeness (QED) is 0.761. The van der Waals surface area contributed by atoms with Gasteiger partial charge in [0.1, 0.15) is 0 Å². The van der Waals surface area contributed by atoms with Gasteiger partial charge in [-0.15, -0.1) is 0 Å². The molecule has 0 aliphatic carbocycles. The van der Waals surface area contributed by atoms with Crippen LogP contribution < -0.4 is 10.6 Å². The van der Waals surface area contributed by atoms with E-state index in [0.29, 0.717) is 6.42 Å². The number of anilines is 1. The number of carbonyl (C=O) groups is 1. The molecule has 0 radical (unpaired) electrons. The Bertz CT molecular complexity index is 350. The van der Waals surface area contributed by atoms with E-state index < -0.39 is 0 Å². The maximum absolute atomic E-state index is 11.7. The van der Waals surface area contributed by atoms with Crippen LogP contribution in [0.1, 0.15) is 38.7 Å². The summed E-state index contributed by atoms with van der Waals surface area (Å²) in [5.74, 6) is 0.107. The van der Waals surface area contributed by atoms with Crippen LogP contribution in [0.3, 0.4) is 0 Å². The van der Waals surface area contributed by atoms with Crippen molar-refractivity contribution in [1.29, 1.82) is 0 Å². The normalized spacial score (nSPS) is 10.2. The number of unbranched alkanes of at least 4 members (excludes halogenated alkanes) is 1. The van der Waals surface area contributed by atoms with Crippen LogP contribution in [0.2, 0.25) is 0 Å². The molecule has 0 atom stereocenters. The Morgan fingerprint density at radius 1 is 1.24 bits per heavy atom. The number of para-hydroxylation sites is 1. The van der Waals surface area contributed by atoms with E-state index in [-0.39, 0.29) is 5.91 Å². The van der Waals surface area contributed by atoms with Crippen molar-refractivity contribution in [2.45, 2.75) is 39.7 Å². The van der Waals surface area contributed by atoms with Crippen LogP contribution in [0.4, 0.5) is 5.69 Å². The number of carbonyl (C=O) groups excluding carboxylic acids is 1. The summed E-state index contributed by atoms with van der Waals surface area (Å²) >= 11 is 0. The molecule has 2 N–H and O–H groups in total. The lowest BCUT2D eigenvalue weighted by Crippen LogP contribution is -2.16. The van der Waals surface area contributed by atoms with Crippen molar-refractivity contribution in [2.24, 2.45) is 0 Å². The molecule has 1 aromatic rings. The Morgan fingerprint density at radius 3 is 2.71 bits per heavy atom. The number of rotatable bonds is 7. The molecule has 3 nitrogen and oxygen atoms in total. The maximum atomic E-state index is 11.7. The highest BCUT2D eigenvalue weighted by Gasteiger charge is 2.05. The first-order chi connectivity index (χ1) is 8.27. The molecule has 0 saturated carbocycles. The van der Waals surface area contributed by atoms with Crippen molar-refractivity contribution in [3.05, 3.63) is 29.8 Å². The Kier molecular flexibility index (Phi) is 6.33. The van der Waals surface area contributed by atoms with E-state index in [1.54, 1.807) is 0 Å². The standard InChI is InChI=1S/C14H22N2O/c1-3-5-10-14(17)16-13-9-7-6-8-12(13)11-15-4-2/h6-9,15H,3-5,10-11H2,1-2H3,(H,16,17). The van der Waals surface area contributed by atoms with Gasteiger partial charge in [-0.2, -0.15) is 0 Å². The average molecular weight is 234 g/mol. The molecule has 0 aliphatic heterocycles. The van der Waals surface area contributed by atoms with Crippen LogP contribution in [0.5, 0.6) is 0 Å². The second-order valence-electron chi connectivity index (χ2n) is 4.09. The summed E-state index contributed by atoms with van der Waals surface area (Å²) in [4.78, 5) is 11.7. The molecule has 0 unspecified atom stereocenters. The fraction of sp³-hybridized carbons (Fsp3) is 0.500. The van der Waals surface area contributed by atoms with E-state index in [9.17, 15) is 4.79 Å². The molecular formula is C14H22N2O. The summed E-state index contributed by atoms with van der Waals surface area (Å²) in [5.41, 5.74) is 2.06. The molecule has 0 saturated heterocycles. The van der Waals surface area contributed by atoms with Crippen molar-refractivity contribution in [3.8, 4) is 0 Å². The van der Waals surface area contributed by atoms with Gasteiger partial charge in [0, 0.05) is 18.7 Å². The second kappa shape index (κ2) is 7.85. The number of nitrogens with one attached hydrogen (secondary N) is 2.